The summed E-state index contributed by atoms with van der Waals surface area (Å²) in [5.41, 5.74) is 2.24. The number of urea groups is 1. The number of benzene rings is 2. The molecule has 0 bridgehead atoms. The Hall–Kier alpha value is -2.47. The molecule has 5 nitrogen and oxygen atoms in total. The lowest BCUT2D eigenvalue weighted by Crippen LogP contribution is -2.29. The van der Waals surface area contributed by atoms with Crippen molar-refractivity contribution in [1.29, 1.82) is 0 Å². The fourth-order valence-corrected chi connectivity index (χ4v) is 3.79. The first-order chi connectivity index (χ1) is 12.1. The largest absolute Gasteiger partial charge is 0.338 e. The van der Waals surface area contributed by atoms with E-state index in [1.54, 1.807) is 11.9 Å². The van der Waals surface area contributed by atoms with E-state index in [2.05, 4.69) is 17.6 Å². The molecule has 3 rings (SSSR count). The number of nitrogens with one attached hydrogen (secondary N) is 2. The van der Waals surface area contributed by atoms with Gasteiger partial charge in [-0.3, -0.25) is 4.79 Å². The molecular weight excluding hydrogens is 334 g/mol. The average molecular weight is 355 g/mol. The zero-order chi connectivity index (χ0) is 17.8. The fraction of sp³-hybridized carbons (Fsp3) is 0.263. The van der Waals surface area contributed by atoms with Gasteiger partial charge in [0.2, 0.25) is 0 Å². The van der Waals surface area contributed by atoms with Crippen LogP contribution in [-0.2, 0) is 0 Å². The number of anilines is 2. The van der Waals surface area contributed by atoms with Crippen molar-refractivity contribution in [3.05, 3.63) is 48.0 Å². The molecule has 0 atom stereocenters. The van der Waals surface area contributed by atoms with Gasteiger partial charge in [0.15, 0.2) is 0 Å². The van der Waals surface area contributed by atoms with Crippen LogP contribution in [0.3, 0.4) is 0 Å². The lowest BCUT2D eigenvalue weighted by molar-refractivity contribution is 0.0990. The minimum Gasteiger partial charge on any atom is -0.338 e. The van der Waals surface area contributed by atoms with E-state index in [4.69, 9.17) is 0 Å². The number of fused-ring (bicyclic) bond motifs is 2. The molecule has 2 N–H and O–H groups in total. The number of hydrogen-bond acceptors (Lipinski definition) is 3. The van der Waals surface area contributed by atoms with Gasteiger partial charge in [-0.1, -0.05) is 37.2 Å². The summed E-state index contributed by atoms with van der Waals surface area (Å²) in [4.78, 5) is 28.1. The number of rotatable bonds is 4. The first kappa shape index (κ1) is 17.4. The van der Waals surface area contributed by atoms with Crippen molar-refractivity contribution < 1.29 is 9.59 Å². The molecule has 2 aromatic carbocycles. The Kier molecular flexibility index (Phi) is 5.28. The third-order valence-electron chi connectivity index (χ3n) is 4.04. The van der Waals surface area contributed by atoms with Crippen molar-refractivity contribution in [2.45, 2.75) is 29.6 Å². The number of unbranched alkanes of at least 4 members (excludes halogenated alkanes) is 1. The van der Waals surface area contributed by atoms with Crippen LogP contribution in [0.5, 0.6) is 0 Å². The summed E-state index contributed by atoms with van der Waals surface area (Å²) in [5, 5.41) is 5.69. The first-order valence-electron chi connectivity index (χ1n) is 8.34. The van der Waals surface area contributed by atoms with Crippen LogP contribution in [0.25, 0.3) is 0 Å². The highest BCUT2D eigenvalue weighted by molar-refractivity contribution is 7.99. The van der Waals surface area contributed by atoms with E-state index in [0.29, 0.717) is 17.8 Å². The maximum absolute atomic E-state index is 12.6. The third-order valence-corrected chi connectivity index (χ3v) is 5.16. The second-order valence-corrected chi connectivity index (χ2v) is 6.96. The van der Waals surface area contributed by atoms with Gasteiger partial charge in [-0.2, -0.15) is 0 Å². The van der Waals surface area contributed by atoms with E-state index in [1.165, 1.54) is 11.8 Å². The van der Waals surface area contributed by atoms with Crippen LogP contribution in [0.4, 0.5) is 16.2 Å². The highest BCUT2D eigenvalue weighted by atomic mass is 32.2. The predicted octanol–water partition coefficient (Wildman–Crippen LogP) is 4.35. The van der Waals surface area contributed by atoms with Gasteiger partial charge in [-0.25, -0.2) is 4.79 Å². The second-order valence-electron chi connectivity index (χ2n) is 5.88. The lowest BCUT2D eigenvalue weighted by atomic mass is 10.2. The number of amides is 3. The lowest BCUT2D eigenvalue weighted by Gasteiger charge is -2.18. The molecule has 0 spiro atoms. The molecule has 1 aliphatic heterocycles. The van der Waals surface area contributed by atoms with Gasteiger partial charge >= 0.3 is 6.03 Å². The molecule has 0 radical (unpaired) electrons. The van der Waals surface area contributed by atoms with Crippen LogP contribution in [0.2, 0.25) is 0 Å². The van der Waals surface area contributed by atoms with Crippen molar-refractivity contribution in [2.24, 2.45) is 0 Å². The maximum Gasteiger partial charge on any atom is 0.319 e. The van der Waals surface area contributed by atoms with Crippen molar-refractivity contribution in [1.82, 2.24) is 5.32 Å². The highest BCUT2D eigenvalue weighted by Crippen LogP contribution is 2.41. The summed E-state index contributed by atoms with van der Waals surface area (Å²) in [6.07, 6.45) is 1.99. The number of hydrogen-bond donors (Lipinski definition) is 2. The summed E-state index contributed by atoms with van der Waals surface area (Å²) in [5.74, 6) is -0.0279. The monoisotopic (exact) mass is 355 g/mol. The Morgan fingerprint density at radius 2 is 1.96 bits per heavy atom. The summed E-state index contributed by atoms with van der Waals surface area (Å²) < 4.78 is 0. The van der Waals surface area contributed by atoms with Gasteiger partial charge < -0.3 is 15.5 Å². The van der Waals surface area contributed by atoms with Crippen LogP contribution in [0.1, 0.15) is 30.1 Å². The van der Waals surface area contributed by atoms with Crippen molar-refractivity contribution in [3.8, 4) is 0 Å². The van der Waals surface area contributed by atoms with E-state index in [0.717, 1.165) is 28.3 Å². The summed E-state index contributed by atoms with van der Waals surface area (Å²) in [6, 6.07) is 13.0. The Morgan fingerprint density at radius 1 is 1.16 bits per heavy atom. The molecule has 0 unspecified atom stereocenters. The van der Waals surface area contributed by atoms with Crippen LogP contribution < -0.4 is 15.5 Å². The molecule has 3 amide bonds. The fourth-order valence-electron chi connectivity index (χ4n) is 2.65. The normalized spacial score (nSPS) is 12.9. The maximum atomic E-state index is 12.6. The Labute approximate surface area is 151 Å². The van der Waals surface area contributed by atoms with Crippen LogP contribution >= 0.6 is 11.8 Å². The Balaban J connectivity index is 1.84. The van der Waals surface area contributed by atoms with Crippen molar-refractivity contribution in [3.63, 3.8) is 0 Å². The first-order valence-corrected chi connectivity index (χ1v) is 9.15. The van der Waals surface area contributed by atoms with Crippen LogP contribution in [-0.4, -0.2) is 25.5 Å². The minimum absolute atomic E-state index is 0.0279. The Bertz CT molecular complexity index is 807. The zero-order valence-electron chi connectivity index (χ0n) is 14.3. The van der Waals surface area contributed by atoms with E-state index in [1.807, 2.05) is 42.5 Å². The molecule has 130 valence electrons. The van der Waals surface area contributed by atoms with E-state index >= 15 is 0 Å². The average Bonchev–Trinajstić information content (AvgIpc) is 2.71. The molecular formula is C19H21N3O2S. The van der Waals surface area contributed by atoms with E-state index in [9.17, 15) is 9.59 Å². The molecule has 6 heteroatoms. The number of carbonyl (C=O) groups excluding carboxylic acids is 2. The van der Waals surface area contributed by atoms with Crippen LogP contribution in [0, 0.1) is 0 Å². The topological polar surface area (TPSA) is 61.4 Å². The molecule has 0 fully saturated rings. The molecule has 1 aliphatic rings. The minimum atomic E-state index is -0.211. The Morgan fingerprint density at radius 3 is 2.76 bits per heavy atom. The van der Waals surface area contributed by atoms with Crippen LogP contribution in [0.15, 0.2) is 52.3 Å². The molecule has 0 saturated carbocycles. The number of carbonyl (C=O) groups is 2. The van der Waals surface area contributed by atoms with Gasteiger partial charge in [0.1, 0.15) is 0 Å². The zero-order valence-corrected chi connectivity index (χ0v) is 15.2. The summed E-state index contributed by atoms with van der Waals surface area (Å²) in [7, 11) is 1.77. The van der Waals surface area contributed by atoms with E-state index in [-0.39, 0.29) is 11.9 Å². The van der Waals surface area contributed by atoms with Gasteiger partial charge in [-0.05, 0) is 36.8 Å². The molecule has 1 heterocycles. The highest BCUT2D eigenvalue weighted by Gasteiger charge is 2.24. The molecule has 2 aromatic rings. The summed E-state index contributed by atoms with van der Waals surface area (Å²) in [6.45, 7) is 2.74. The van der Waals surface area contributed by atoms with Gasteiger partial charge in [-0.15, -0.1) is 0 Å². The number of nitrogens with zero attached hydrogens (tertiary/aromatic N) is 1. The summed E-state index contributed by atoms with van der Waals surface area (Å²) >= 11 is 1.54. The van der Waals surface area contributed by atoms with Gasteiger partial charge in [0.05, 0.1) is 11.3 Å². The van der Waals surface area contributed by atoms with Crippen molar-refractivity contribution >= 4 is 35.1 Å². The van der Waals surface area contributed by atoms with Gasteiger partial charge in [0.25, 0.3) is 5.91 Å². The SMILES string of the molecule is CCCCNC(=O)Nc1ccc2c(c1)Sc1ccccc1C(=O)N2C. The van der Waals surface area contributed by atoms with Crippen molar-refractivity contribution in [2.75, 3.05) is 23.8 Å². The predicted molar refractivity (Wildman–Crippen MR) is 102 cm³/mol. The second kappa shape index (κ2) is 7.61. The quantitative estimate of drug-likeness (QED) is 0.802. The standard InChI is InChI=1S/C19H21N3O2S/c1-3-4-11-20-19(24)21-13-9-10-15-17(12-13)25-16-8-6-5-7-14(16)18(23)22(15)2/h5-10,12H,3-4,11H2,1-2H3,(H2,20,21,24). The third kappa shape index (κ3) is 3.79. The smallest absolute Gasteiger partial charge is 0.319 e. The molecule has 0 aromatic heterocycles. The van der Waals surface area contributed by atoms with Gasteiger partial charge in [0, 0.05) is 29.1 Å². The molecule has 0 aliphatic carbocycles. The molecule has 0 saturated heterocycles. The molecule has 25 heavy (non-hydrogen) atoms. The van der Waals surface area contributed by atoms with E-state index < -0.39 is 0 Å².